The fraction of sp³-hybridized carbons (Fsp3) is 0.200. The number of carbonyl (C=O) groups is 1. The van der Waals surface area contributed by atoms with Gasteiger partial charge in [0.25, 0.3) is 0 Å². The Morgan fingerprint density at radius 2 is 1.96 bits per heavy atom. The first kappa shape index (κ1) is 16.8. The van der Waals surface area contributed by atoms with E-state index in [2.05, 4.69) is 10.4 Å². The van der Waals surface area contributed by atoms with E-state index in [0.717, 1.165) is 29.0 Å². The van der Waals surface area contributed by atoms with E-state index in [1.54, 1.807) is 7.11 Å². The average molecular weight is 335 g/mol. The minimum Gasteiger partial charge on any atom is -0.497 e. The fourth-order valence-corrected chi connectivity index (χ4v) is 2.59. The molecule has 3 aromatic rings. The third-order valence-electron chi connectivity index (χ3n) is 3.89. The van der Waals surface area contributed by atoms with Crippen LogP contribution in [-0.2, 0) is 17.6 Å². The second-order valence-electron chi connectivity index (χ2n) is 5.76. The number of hydrogen-bond acceptors (Lipinski definition) is 3. The predicted octanol–water partition coefficient (Wildman–Crippen LogP) is 2.78. The lowest BCUT2D eigenvalue weighted by molar-refractivity contribution is -0.120. The zero-order valence-electron chi connectivity index (χ0n) is 14.2. The molecule has 0 atom stereocenters. The molecular formula is C20H21N3O2. The van der Waals surface area contributed by atoms with Gasteiger partial charge in [-0.15, -0.1) is 0 Å². The van der Waals surface area contributed by atoms with E-state index < -0.39 is 0 Å². The summed E-state index contributed by atoms with van der Waals surface area (Å²) < 4.78 is 7.01. The maximum Gasteiger partial charge on any atom is 0.224 e. The molecule has 1 amide bonds. The molecule has 0 saturated carbocycles. The smallest absolute Gasteiger partial charge is 0.224 e. The van der Waals surface area contributed by atoms with Crippen molar-refractivity contribution in [3.05, 3.63) is 78.1 Å². The van der Waals surface area contributed by atoms with E-state index in [1.165, 1.54) is 0 Å². The Kier molecular flexibility index (Phi) is 5.46. The van der Waals surface area contributed by atoms with Crippen molar-refractivity contribution in [2.45, 2.75) is 12.8 Å². The molecule has 0 fully saturated rings. The fourth-order valence-electron chi connectivity index (χ4n) is 2.59. The van der Waals surface area contributed by atoms with Crippen LogP contribution in [0.4, 0.5) is 0 Å². The zero-order valence-corrected chi connectivity index (χ0v) is 14.2. The molecule has 0 unspecified atom stereocenters. The minimum atomic E-state index is 0.00343. The summed E-state index contributed by atoms with van der Waals surface area (Å²) in [7, 11) is 1.62. The first-order valence-electron chi connectivity index (χ1n) is 8.23. The molecule has 0 aliphatic rings. The largest absolute Gasteiger partial charge is 0.497 e. The van der Waals surface area contributed by atoms with Crippen molar-refractivity contribution in [3.8, 4) is 11.4 Å². The van der Waals surface area contributed by atoms with Gasteiger partial charge in [-0.05, 0) is 41.8 Å². The number of carbonyl (C=O) groups excluding carboxylic acids is 1. The molecule has 0 bridgehead atoms. The molecule has 3 rings (SSSR count). The number of para-hydroxylation sites is 1. The highest BCUT2D eigenvalue weighted by atomic mass is 16.5. The summed E-state index contributed by atoms with van der Waals surface area (Å²) in [6.45, 7) is 0.587. The van der Waals surface area contributed by atoms with E-state index >= 15 is 0 Å². The highest BCUT2D eigenvalue weighted by Crippen LogP contribution is 2.13. The van der Waals surface area contributed by atoms with Gasteiger partial charge >= 0.3 is 0 Å². The van der Waals surface area contributed by atoms with Crippen molar-refractivity contribution in [2.24, 2.45) is 0 Å². The Morgan fingerprint density at radius 3 is 2.76 bits per heavy atom. The van der Waals surface area contributed by atoms with Gasteiger partial charge in [-0.1, -0.05) is 30.3 Å². The SMILES string of the molecule is COc1cccc(CC(=O)NCCc2cnn(-c3ccccc3)c2)c1. The molecule has 0 aliphatic heterocycles. The van der Waals surface area contributed by atoms with Crippen LogP contribution in [0.25, 0.3) is 5.69 Å². The van der Waals surface area contributed by atoms with Gasteiger partial charge in [-0.2, -0.15) is 5.10 Å². The molecule has 128 valence electrons. The number of methoxy groups -OCH3 is 1. The normalized spacial score (nSPS) is 10.4. The minimum absolute atomic E-state index is 0.00343. The van der Waals surface area contributed by atoms with E-state index in [9.17, 15) is 4.79 Å². The van der Waals surface area contributed by atoms with Crippen LogP contribution in [-0.4, -0.2) is 29.3 Å². The summed E-state index contributed by atoms with van der Waals surface area (Å²) in [4.78, 5) is 12.1. The second kappa shape index (κ2) is 8.15. The molecule has 0 aliphatic carbocycles. The molecular weight excluding hydrogens is 314 g/mol. The molecule has 0 radical (unpaired) electrons. The quantitative estimate of drug-likeness (QED) is 0.722. The van der Waals surface area contributed by atoms with E-state index in [1.807, 2.05) is 71.7 Å². The topological polar surface area (TPSA) is 56.1 Å². The monoisotopic (exact) mass is 335 g/mol. The Bertz CT molecular complexity index is 828. The Balaban J connectivity index is 1.48. The first-order chi connectivity index (χ1) is 12.2. The van der Waals surface area contributed by atoms with Gasteiger partial charge in [0.2, 0.25) is 5.91 Å². The summed E-state index contributed by atoms with van der Waals surface area (Å²) in [6.07, 6.45) is 4.92. The Labute approximate surface area is 147 Å². The molecule has 25 heavy (non-hydrogen) atoms. The molecule has 0 saturated heterocycles. The molecule has 0 spiro atoms. The van der Waals surface area contributed by atoms with Crippen molar-refractivity contribution in [1.29, 1.82) is 0 Å². The van der Waals surface area contributed by atoms with Crippen LogP contribution < -0.4 is 10.1 Å². The van der Waals surface area contributed by atoms with Crippen molar-refractivity contribution in [2.75, 3.05) is 13.7 Å². The average Bonchev–Trinajstić information content (AvgIpc) is 3.11. The van der Waals surface area contributed by atoms with Crippen molar-refractivity contribution < 1.29 is 9.53 Å². The van der Waals surface area contributed by atoms with E-state index in [-0.39, 0.29) is 5.91 Å². The highest BCUT2D eigenvalue weighted by Gasteiger charge is 2.05. The van der Waals surface area contributed by atoms with Crippen LogP contribution in [0.15, 0.2) is 67.0 Å². The van der Waals surface area contributed by atoms with Crippen LogP contribution in [0.1, 0.15) is 11.1 Å². The molecule has 1 N–H and O–H groups in total. The summed E-state index contributed by atoms with van der Waals surface area (Å²) in [5.74, 6) is 0.766. The number of nitrogens with one attached hydrogen (secondary N) is 1. The number of nitrogens with zero attached hydrogens (tertiary/aromatic N) is 2. The number of hydrogen-bond donors (Lipinski definition) is 1. The van der Waals surface area contributed by atoms with Gasteiger partial charge in [-0.25, -0.2) is 4.68 Å². The lowest BCUT2D eigenvalue weighted by atomic mass is 10.1. The lowest BCUT2D eigenvalue weighted by Gasteiger charge is -2.06. The third-order valence-corrected chi connectivity index (χ3v) is 3.89. The number of rotatable bonds is 7. The molecule has 5 heteroatoms. The van der Waals surface area contributed by atoms with Crippen LogP contribution in [0.2, 0.25) is 0 Å². The molecule has 1 heterocycles. The Hall–Kier alpha value is -3.08. The van der Waals surface area contributed by atoms with Crippen molar-refractivity contribution >= 4 is 5.91 Å². The summed E-state index contributed by atoms with van der Waals surface area (Å²) in [5, 5.41) is 7.31. The molecule has 2 aromatic carbocycles. The zero-order chi connectivity index (χ0) is 17.5. The van der Waals surface area contributed by atoms with E-state index in [0.29, 0.717) is 13.0 Å². The van der Waals surface area contributed by atoms with Gasteiger partial charge in [0, 0.05) is 12.7 Å². The predicted molar refractivity (Wildman–Crippen MR) is 97.0 cm³/mol. The van der Waals surface area contributed by atoms with Gasteiger partial charge in [0.1, 0.15) is 5.75 Å². The third kappa shape index (κ3) is 4.70. The first-order valence-corrected chi connectivity index (χ1v) is 8.23. The standard InChI is InChI=1S/C20H21N3O2/c1-25-19-9-5-6-16(12-19)13-20(24)21-11-10-17-14-22-23(15-17)18-7-3-2-4-8-18/h2-9,12,14-15H,10-11,13H2,1H3,(H,21,24). The lowest BCUT2D eigenvalue weighted by Crippen LogP contribution is -2.27. The van der Waals surface area contributed by atoms with Gasteiger partial charge in [0.05, 0.1) is 25.4 Å². The summed E-state index contributed by atoms with van der Waals surface area (Å²) in [6, 6.07) is 17.5. The Morgan fingerprint density at radius 1 is 1.12 bits per heavy atom. The second-order valence-corrected chi connectivity index (χ2v) is 5.76. The number of amides is 1. The van der Waals surface area contributed by atoms with Crippen LogP contribution >= 0.6 is 0 Å². The van der Waals surface area contributed by atoms with Crippen LogP contribution in [0.3, 0.4) is 0 Å². The van der Waals surface area contributed by atoms with Gasteiger partial charge in [0.15, 0.2) is 0 Å². The van der Waals surface area contributed by atoms with Gasteiger partial charge < -0.3 is 10.1 Å². The van der Waals surface area contributed by atoms with Crippen molar-refractivity contribution in [1.82, 2.24) is 15.1 Å². The van der Waals surface area contributed by atoms with Gasteiger partial charge in [-0.3, -0.25) is 4.79 Å². The maximum atomic E-state index is 12.1. The number of benzene rings is 2. The van der Waals surface area contributed by atoms with Crippen LogP contribution in [0.5, 0.6) is 5.75 Å². The number of aromatic nitrogens is 2. The molecule has 1 aromatic heterocycles. The van der Waals surface area contributed by atoms with Crippen molar-refractivity contribution in [3.63, 3.8) is 0 Å². The van der Waals surface area contributed by atoms with Crippen LogP contribution in [0, 0.1) is 0 Å². The molecule has 5 nitrogen and oxygen atoms in total. The summed E-state index contributed by atoms with van der Waals surface area (Å²) >= 11 is 0. The highest BCUT2D eigenvalue weighted by molar-refractivity contribution is 5.78. The van der Waals surface area contributed by atoms with E-state index in [4.69, 9.17) is 4.74 Å². The summed E-state index contributed by atoms with van der Waals surface area (Å²) in [5.41, 5.74) is 3.05. The maximum absolute atomic E-state index is 12.1. The number of ether oxygens (including phenoxy) is 1.